The zero-order valence-electron chi connectivity index (χ0n) is 5.57. The Balaban J connectivity index is 3.21. The molecule has 0 saturated carbocycles. The van der Waals surface area contributed by atoms with Gasteiger partial charge in [0.15, 0.2) is 11.6 Å². The Morgan fingerprint density at radius 2 is 1.91 bits per heavy atom. The molecule has 1 rings (SSSR count). The Bertz CT molecular complexity index is 277. The molecule has 0 spiro atoms. The molecule has 0 saturated heterocycles. The van der Waals surface area contributed by atoms with Crippen molar-refractivity contribution < 1.29 is 13.2 Å². The van der Waals surface area contributed by atoms with Crippen molar-refractivity contribution in [2.75, 3.05) is 6.26 Å². The maximum atomic E-state index is 12.5. The van der Waals surface area contributed by atoms with Gasteiger partial charge in [0.1, 0.15) is 5.03 Å². The van der Waals surface area contributed by atoms with Crippen molar-refractivity contribution in [1.82, 2.24) is 4.98 Å². The first kappa shape index (κ1) is 8.39. The van der Waals surface area contributed by atoms with Crippen LogP contribution in [0.25, 0.3) is 0 Å². The Kier molecular flexibility index (Phi) is 2.38. The Hall–Kier alpha value is -0.710. The third-order valence-electron chi connectivity index (χ3n) is 1.05. The Labute approximate surface area is 65.6 Å². The molecule has 0 unspecified atom stereocenters. The topological polar surface area (TPSA) is 12.9 Å². The second-order valence-corrected chi connectivity index (χ2v) is 2.55. The van der Waals surface area contributed by atoms with Crippen LogP contribution in [0.4, 0.5) is 13.2 Å². The van der Waals surface area contributed by atoms with Crippen LogP contribution in [0.15, 0.2) is 11.1 Å². The van der Waals surface area contributed by atoms with E-state index in [1.807, 2.05) is 0 Å². The second kappa shape index (κ2) is 3.13. The van der Waals surface area contributed by atoms with E-state index in [2.05, 4.69) is 4.98 Å². The zero-order valence-corrected chi connectivity index (χ0v) is 6.38. The van der Waals surface area contributed by atoms with Crippen LogP contribution >= 0.6 is 11.8 Å². The molecule has 60 valence electrons. The first-order valence-corrected chi connectivity index (χ1v) is 3.93. The molecule has 0 fully saturated rings. The van der Waals surface area contributed by atoms with Crippen molar-refractivity contribution in [3.63, 3.8) is 0 Å². The van der Waals surface area contributed by atoms with Crippen LogP contribution in [-0.4, -0.2) is 11.2 Å². The van der Waals surface area contributed by atoms with Gasteiger partial charge in [-0.1, -0.05) is 0 Å². The summed E-state index contributed by atoms with van der Waals surface area (Å²) in [6, 6.07) is 0.480. The monoisotopic (exact) mass is 179 g/mol. The SMILES string of the molecule is CSc1nc(F)c(F)cc1F. The van der Waals surface area contributed by atoms with Crippen molar-refractivity contribution in [3.8, 4) is 0 Å². The quantitative estimate of drug-likeness (QED) is 0.484. The molecule has 0 N–H and O–H groups in total. The summed E-state index contributed by atoms with van der Waals surface area (Å²) in [6.07, 6.45) is 1.53. The van der Waals surface area contributed by atoms with Crippen molar-refractivity contribution in [1.29, 1.82) is 0 Å². The fourth-order valence-corrected chi connectivity index (χ4v) is 0.997. The lowest BCUT2D eigenvalue weighted by Crippen LogP contribution is -1.94. The highest BCUT2D eigenvalue weighted by molar-refractivity contribution is 7.98. The number of pyridine rings is 1. The molecular formula is C6H4F3NS. The van der Waals surface area contributed by atoms with Crippen LogP contribution in [-0.2, 0) is 0 Å². The van der Waals surface area contributed by atoms with Crippen LogP contribution in [0.2, 0.25) is 0 Å². The number of hydrogen-bond acceptors (Lipinski definition) is 2. The van der Waals surface area contributed by atoms with Gasteiger partial charge in [0, 0.05) is 6.07 Å². The van der Waals surface area contributed by atoms with Gasteiger partial charge in [-0.15, -0.1) is 11.8 Å². The van der Waals surface area contributed by atoms with Gasteiger partial charge >= 0.3 is 0 Å². The van der Waals surface area contributed by atoms with Gasteiger partial charge in [0.25, 0.3) is 0 Å². The molecule has 0 atom stereocenters. The molecule has 11 heavy (non-hydrogen) atoms. The standard InChI is InChI=1S/C6H4F3NS/c1-11-6-4(8)2-3(7)5(9)10-6/h2H,1H3. The predicted molar refractivity (Wildman–Crippen MR) is 35.9 cm³/mol. The Morgan fingerprint density at radius 1 is 1.27 bits per heavy atom. The van der Waals surface area contributed by atoms with E-state index >= 15 is 0 Å². The summed E-state index contributed by atoms with van der Waals surface area (Å²) < 4.78 is 37.0. The molecule has 0 aliphatic rings. The lowest BCUT2D eigenvalue weighted by Gasteiger charge is -1.97. The van der Waals surface area contributed by atoms with Crippen LogP contribution < -0.4 is 0 Å². The lowest BCUT2D eigenvalue weighted by molar-refractivity contribution is 0.448. The molecule has 0 aliphatic carbocycles. The molecule has 5 heteroatoms. The summed E-state index contributed by atoms with van der Waals surface area (Å²) >= 11 is 0.926. The molecule has 1 aromatic heterocycles. The summed E-state index contributed by atoms with van der Waals surface area (Å²) in [5, 5.41) is -0.135. The number of hydrogen-bond donors (Lipinski definition) is 0. The van der Waals surface area contributed by atoms with Crippen molar-refractivity contribution in [2.24, 2.45) is 0 Å². The Morgan fingerprint density at radius 3 is 2.45 bits per heavy atom. The molecule has 1 nitrogen and oxygen atoms in total. The third kappa shape index (κ3) is 1.65. The van der Waals surface area contributed by atoms with Gasteiger partial charge in [-0.2, -0.15) is 4.39 Å². The van der Waals surface area contributed by atoms with Crippen LogP contribution in [0, 0.1) is 17.6 Å². The summed E-state index contributed by atoms with van der Waals surface area (Å²) in [6.45, 7) is 0. The van der Waals surface area contributed by atoms with E-state index in [-0.39, 0.29) is 5.03 Å². The number of thioether (sulfide) groups is 1. The van der Waals surface area contributed by atoms with Gasteiger partial charge in [0.2, 0.25) is 5.95 Å². The van der Waals surface area contributed by atoms with Crippen LogP contribution in [0.3, 0.4) is 0 Å². The van der Waals surface area contributed by atoms with Gasteiger partial charge in [0.05, 0.1) is 0 Å². The largest absolute Gasteiger partial charge is 0.250 e. The number of aromatic nitrogens is 1. The van der Waals surface area contributed by atoms with Gasteiger partial charge in [-0.25, -0.2) is 13.8 Å². The summed E-state index contributed by atoms with van der Waals surface area (Å²) in [5.74, 6) is -3.37. The zero-order chi connectivity index (χ0) is 8.43. The van der Waals surface area contributed by atoms with Crippen molar-refractivity contribution >= 4 is 11.8 Å². The van der Waals surface area contributed by atoms with Gasteiger partial charge in [-0.05, 0) is 6.26 Å². The first-order chi connectivity index (χ1) is 5.15. The van der Waals surface area contributed by atoms with E-state index in [1.165, 1.54) is 6.26 Å². The third-order valence-corrected chi connectivity index (χ3v) is 1.72. The van der Waals surface area contributed by atoms with Crippen LogP contribution in [0.5, 0.6) is 0 Å². The number of rotatable bonds is 1. The molecule has 0 amide bonds. The lowest BCUT2D eigenvalue weighted by atomic mass is 10.4. The fraction of sp³-hybridized carbons (Fsp3) is 0.167. The van der Waals surface area contributed by atoms with Crippen molar-refractivity contribution in [3.05, 3.63) is 23.6 Å². The maximum absolute atomic E-state index is 12.5. The van der Waals surface area contributed by atoms with Gasteiger partial charge in [-0.3, -0.25) is 0 Å². The fourth-order valence-electron chi connectivity index (χ4n) is 0.572. The molecule has 0 bridgehead atoms. The molecule has 0 aliphatic heterocycles. The van der Waals surface area contributed by atoms with E-state index in [4.69, 9.17) is 0 Å². The average molecular weight is 179 g/mol. The van der Waals surface area contributed by atoms with E-state index in [0.29, 0.717) is 6.07 Å². The highest BCUT2D eigenvalue weighted by Gasteiger charge is 2.09. The highest BCUT2D eigenvalue weighted by Crippen LogP contribution is 2.17. The first-order valence-electron chi connectivity index (χ1n) is 2.70. The van der Waals surface area contributed by atoms with E-state index < -0.39 is 17.6 Å². The molecule has 0 radical (unpaired) electrons. The maximum Gasteiger partial charge on any atom is 0.250 e. The minimum atomic E-state index is -1.27. The second-order valence-electron chi connectivity index (χ2n) is 1.75. The summed E-state index contributed by atoms with van der Waals surface area (Å²) in [5.41, 5.74) is 0. The summed E-state index contributed by atoms with van der Waals surface area (Å²) in [7, 11) is 0. The minimum Gasteiger partial charge on any atom is -0.208 e. The van der Waals surface area contributed by atoms with Gasteiger partial charge < -0.3 is 0 Å². The van der Waals surface area contributed by atoms with E-state index in [9.17, 15) is 13.2 Å². The molecule has 1 aromatic rings. The van der Waals surface area contributed by atoms with Crippen molar-refractivity contribution in [2.45, 2.75) is 5.03 Å². The number of halogens is 3. The predicted octanol–water partition coefficient (Wildman–Crippen LogP) is 2.22. The average Bonchev–Trinajstić information content (AvgIpc) is 1.97. The molecule has 0 aromatic carbocycles. The smallest absolute Gasteiger partial charge is 0.208 e. The molecular weight excluding hydrogens is 175 g/mol. The van der Waals surface area contributed by atoms with Crippen LogP contribution in [0.1, 0.15) is 0 Å². The van der Waals surface area contributed by atoms with E-state index in [1.54, 1.807) is 0 Å². The summed E-state index contributed by atoms with van der Waals surface area (Å²) in [4.78, 5) is 3.04. The number of nitrogens with zero attached hydrogens (tertiary/aromatic N) is 1. The van der Waals surface area contributed by atoms with E-state index in [0.717, 1.165) is 11.8 Å². The normalized spacial score (nSPS) is 10.2. The minimum absolute atomic E-state index is 0.135. The molecule has 1 heterocycles. The highest BCUT2D eigenvalue weighted by atomic mass is 32.2.